The van der Waals surface area contributed by atoms with Crippen molar-refractivity contribution in [2.45, 2.75) is 32.6 Å². The summed E-state index contributed by atoms with van der Waals surface area (Å²) in [4.78, 5) is 0. The first-order chi connectivity index (χ1) is 4.85. The summed E-state index contributed by atoms with van der Waals surface area (Å²) >= 11 is 0. The van der Waals surface area contributed by atoms with E-state index in [9.17, 15) is 0 Å². The van der Waals surface area contributed by atoms with E-state index in [0.717, 1.165) is 19.4 Å². The molecule has 3 N–H and O–H groups in total. The highest BCUT2D eigenvalue weighted by molar-refractivity contribution is 4.58. The Morgan fingerprint density at radius 3 is 2.40 bits per heavy atom. The van der Waals surface area contributed by atoms with E-state index in [0.29, 0.717) is 12.5 Å². The Morgan fingerprint density at radius 2 is 2.00 bits per heavy atom. The van der Waals surface area contributed by atoms with Gasteiger partial charge in [0.15, 0.2) is 0 Å². The van der Waals surface area contributed by atoms with Crippen LogP contribution in [0.4, 0.5) is 0 Å². The quantitative estimate of drug-likeness (QED) is 0.588. The smallest absolute Gasteiger partial charge is 0.0433 e. The Balaban J connectivity index is 3.30. The van der Waals surface area contributed by atoms with E-state index in [4.69, 9.17) is 10.8 Å². The first-order valence-electron chi connectivity index (χ1n) is 4.16. The number of hydrogen-bond acceptors (Lipinski definition) is 2. The van der Waals surface area contributed by atoms with Crippen LogP contribution in [0.1, 0.15) is 32.6 Å². The van der Waals surface area contributed by atoms with Crippen molar-refractivity contribution >= 4 is 0 Å². The van der Waals surface area contributed by atoms with E-state index in [1.807, 2.05) is 0 Å². The van der Waals surface area contributed by atoms with Crippen molar-refractivity contribution in [3.8, 4) is 0 Å². The lowest BCUT2D eigenvalue weighted by molar-refractivity contribution is 0.247. The highest BCUT2D eigenvalue weighted by atomic mass is 16.3. The van der Waals surface area contributed by atoms with Gasteiger partial charge in [0.1, 0.15) is 0 Å². The SMILES string of the molecule is CCCC(CCN)CCO. The van der Waals surface area contributed by atoms with Gasteiger partial charge in [-0.1, -0.05) is 19.8 Å². The molecule has 2 heteroatoms. The summed E-state index contributed by atoms with van der Waals surface area (Å²) in [7, 11) is 0. The molecule has 1 unspecified atom stereocenters. The Labute approximate surface area is 63.4 Å². The Bertz CT molecular complexity index is 52.0. The maximum atomic E-state index is 8.65. The van der Waals surface area contributed by atoms with Crippen LogP contribution in [0.5, 0.6) is 0 Å². The molecule has 2 nitrogen and oxygen atoms in total. The van der Waals surface area contributed by atoms with Crippen LogP contribution >= 0.6 is 0 Å². The lowest BCUT2D eigenvalue weighted by atomic mass is 9.97. The molecule has 0 aromatic rings. The van der Waals surface area contributed by atoms with Crippen LogP contribution in [-0.2, 0) is 0 Å². The molecule has 0 amide bonds. The number of rotatable bonds is 6. The summed E-state index contributed by atoms with van der Waals surface area (Å²) in [6, 6.07) is 0. The molecule has 0 aliphatic rings. The standard InChI is InChI=1S/C8H19NO/c1-2-3-8(4-6-9)5-7-10/h8,10H,2-7,9H2,1H3. The molecule has 0 aliphatic heterocycles. The number of aliphatic hydroxyl groups is 1. The van der Waals surface area contributed by atoms with E-state index in [-0.39, 0.29) is 0 Å². The summed E-state index contributed by atoms with van der Waals surface area (Å²) in [6.45, 7) is 3.23. The van der Waals surface area contributed by atoms with E-state index < -0.39 is 0 Å². The highest BCUT2D eigenvalue weighted by Crippen LogP contribution is 2.13. The second-order valence-corrected chi connectivity index (χ2v) is 2.74. The van der Waals surface area contributed by atoms with Crippen molar-refractivity contribution < 1.29 is 5.11 Å². The molecule has 0 heterocycles. The number of aliphatic hydroxyl groups excluding tert-OH is 1. The van der Waals surface area contributed by atoms with Gasteiger partial charge in [0.25, 0.3) is 0 Å². The monoisotopic (exact) mass is 145 g/mol. The van der Waals surface area contributed by atoms with Gasteiger partial charge >= 0.3 is 0 Å². The third kappa shape index (κ3) is 4.77. The van der Waals surface area contributed by atoms with Gasteiger partial charge in [-0.2, -0.15) is 0 Å². The van der Waals surface area contributed by atoms with Gasteiger partial charge < -0.3 is 10.8 Å². The lowest BCUT2D eigenvalue weighted by Crippen LogP contribution is -2.09. The molecule has 0 saturated heterocycles. The molecular weight excluding hydrogens is 126 g/mol. The minimum Gasteiger partial charge on any atom is -0.396 e. The lowest BCUT2D eigenvalue weighted by Gasteiger charge is -2.12. The molecule has 0 radical (unpaired) electrons. The molecule has 0 saturated carbocycles. The Morgan fingerprint density at radius 1 is 1.30 bits per heavy atom. The van der Waals surface area contributed by atoms with E-state index in [1.165, 1.54) is 12.8 Å². The second-order valence-electron chi connectivity index (χ2n) is 2.74. The molecule has 0 bridgehead atoms. The predicted molar refractivity (Wildman–Crippen MR) is 43.8 cm³/mol. The van der Waals surface area contributed by atoms with Gasteiger partial charge in [-0.25, -0.2) is 0 Å². The third-order valence-electron chi connectivity index (χ3n) is 1.81. The van der Waals surface area contributed by atoms with Crippen molar-refractivity contribution in [1.82, 2.24) is 0 Å². The maximum absolute atomic E-state index is 8.65. The average molecular weight is 145 g/mol. The zero-order chi connectivity index (χ0) is 7.82. The summed E-state index contributed by atoms with van der Waals surface area (Å²) < 4.78 is 0. The topological polar surface area (TPSA) is 46.2 Å². The van der Waals surface area contributed by atoms with Crippen molar-refractivity contribution in [1.29, 1.82) is 0 Å². The Hall–Kier alpha value is -0.0800. The van der Waals surface area contributed by atoms with Crippen LogP contribution in [0.3, 0.4) is 0 Å². The zero-order valence-electron chi connectivity index (χ0n) is 6.84. The molecule has 0 rings (SSSR count). The molecule has 0 aromatic heterocycles. The van der Waals surface area contributed by atoms with Crippen molar-refractivity contribution in [3.63, 3.8) is 0 Å². The van der Waals surface area contributed by atoms with Gasteiger partial charge in [0, 0.05) is 6.61 Å². The minimum atomic E-state index is 0.310. The van der Waals surface area contributed by atoms with Crippen molar-refractivity contribution in [2.75, 3.05) is 13.2 Å². The van der Waals surface area contributed by atoms with Gasteiger partial charge in [0.05, 0.1) is 0 Å². The largest absolute Gasteiger partial charge is 0.396 e. The molecule has 0 fully saturated rings. The molecule has 10 heavy (non-hydrogen) atoms. The number of hydrogen-bond donors (Lipinski definition) is 2. The molecular formula is C8H19NO. The fraction of sp³-hybridized carbons (Fsp3) is 1.00. The fourth-order valence-corrected chi connectivity index (χ4v) is 1.26. The average Bonchev–Trinajstić information content (AvgIpc) is 1.90. The molecule has 0 aromatic carbocycles. The van der Waals surface area contributed by atoms with Gasteiger partial charge in [-0.05, 0) is 25.3 Å². The Kier molecular flexibility index (Phi) is 6.98. The fourth-order valence-electron chi connectivity index (χ4n) is 1.26. The normalized spacial score (nSPS) is 13.5. The third-order valence-corrected chi connectivity index (χ3v) is 1.81. The van der Waals surface area contributed by atoms with E-state index >= 15 is 0 Å². The van der Waals surface area contributed by atoms with E-state index in [2.05, 4.69) is 6.92 Å². The second kappa shape index (κ2) is 7.03. The van der Waals surface area contributed by atoms with Crippen LogP contribution < -0.4 is 5.73 Å². The summed E-state index contributed by atoms with van der Waals surface area (Å²) in [6.07, 6.45) is 4.39. The van der Waals surface area contributed by atoms with Crippen molar-refractivity contribution in [2.24, 2.45) is 11.7 Å². The van der Waals surface area contributed by atoms with Crippen LogP contribution in [-0.4, -0.2) is 18.3 Å². The molecule has 1 atom stereocenters. The van der Waals surface area contributed by atoms with Gasteiger partial charge in [-0.15, -0.1) is 0 Å². The maximum Gasteiger partial charge on any atom is 0.0433 e. The van der Waals surface area contributed by atoms with Gasteiger partial charge in [0.2, 0.25) is 0 Å². The molecule has 0 aliphatic carbocycles. The van der Waals surface area contributed by atoms with Crippen LogP contribution in [0.2, 0.25) is 0 Å². The first kappa shape index (κ1) is 9.92. The van der Waals surface area contributed by atoms with Crippen LogP contribution in [0.15, 0.2) is 0 Å². The van der Waals surface area contributed by atoms with Gasteiger partial charge in [-0.3, -0.25) is 0 Å². The first-order valence-corrected chi connectivity index (χ1v) is 4.16. The summed E-state index contributed by atoms with van der Waals surface area (Å²) in [5.41, 5.74) is 5.41. The minimum absolute atomic E-state index is 0.310. The predicted octanol–water partition coefficient (Wildman–Crippen LogP) is 1.13. The zero-order valence-corrected chi connectivity index (χ0v) is 6.84. The number of nitrogens with two attached hydrogens (primary N) is 1. The summed E-state index contributed by atoms with van der Waals surface area (Å²) in [5, 5.41) is 8.65. The molecule has 62 valence electrons. The van der Waals surface area contributed by atoms with Crippen LogP contribution in [0.25, 0.3) is 0 Å². The highest BCUT2D eigenvalue weighted by Gasteiger charge is 2.04. The molecule has 0 spiro atoms. The van der Waals surface area contributed by atoms with E-state index in [1.54, 1.807) is 0 Å². The summed E-state index contributed by atoms with van der Waals surface area (Å²) in [5.74, 6) is 0.653. The van der Waals surface area contributed by atoms with Crippen LogP contribution in [0, 0.1) is 5.92 Å². The van der Waals surface area contributed by atoms with Crippen molar-refractivity contribution in [3.05, 3.63) is 0 Å².